The lowest BCUT2D eigenvalue weighted by molar-refractivity contribution is -0.139. The fourth-order valence-corrected chi connectivity index (χ4v) is 1.99. The first-order valence-electron chi connectivity index (χ1n) is 5.65. The first kappa shape index (κ1) is 14.6. The molecule has 0 fully saturated rings. The molecule has 1 aromatic heterocycles. The molecule has 0 radical (unpaired) electrons. The number of benzene rings is 1. The van der Waals surface area contributed by atoms with Gasteiger partial charge in [-0.15, -0.1) is 0 Å². The van der Waals surface area contributed by atoms with E-state index >= 15 is 0 Å². The Bertz CT molecular complexity index is 719. The van der Waals surface area contributed by atoms with E-state index in [9.17, 15) is 17.6 Å². The first-order valence-corrected chi connectivity index (χ1v) is 6.05. The van der Waals surface area contributed by atoms with Crippen LogP contribution in [0.2, 0.25) is 0 Å². The van der Waals surface area contributed by atoms with Crippen molar-refractivity contribution in [3.05, 3.63) is 45.3 Å². The summed E-state index contributed by atoms with van der Waals surface area (Å²) in [4.78, 5) is 0. The molecule has 0 aliphatic rings. The average Bonchev–Trinajstić information content (AvgIpc) is 2.34. The van der Waals surface area contributed by atoms with Crippen molar-refractivity contribution in [3.8, 4) is 11.3 Å². The predicted octanol–water partition coefficient (Wildman–Crippen LogP) is 4.58. The van der Waals surface area contributed by atoms with E-state index < -0.39 is 17.6 Å². The minimum absolute atomic E-state index is 0.266. The van der Waals surface area contributed by atoms with Crippen LogP contribution in [0.25, 0.3) is 11.3 Å². The van der Waals surface area contributed by atoms with Gasteiger partial charge in [0.1, 0.15) is 10.5 Å². The highest BCUT2D eigenvalue weighted by molar-refractivity contribution is 7.71. The van der Waals surface area contributed by atoms with Gasteiger partial charge >= 0.3 is 6.18 Å². The van der Waals surface area contributed by atoms with Crippen molar-refractivity contribution >= 4 is 12.2 Å². The monoisotopic (exact) mass is 302 g/mol. The highest BCUT2D eigenvalue weighted by Crippen LogP contribution is 2.33. The van der Waals surface area contributed by atoms with Crippen LogP contribution in [0.3, 0.4) is 0 Å². The zero-order valence-electron chi connectivity index (χ0n) is 10.6. The second kappa shape index (κ2) is 4.97. The number of alkyl halides is 3. The smallest absolute Gasteiger partial charge is 0.267 e. The minimum Gasteiger partial charge on any atom is -0.267 e. The quantitative estimate of drug-likeness (QED) is 0.617. The van der Waals surface area contributed by atoms with Gasteiger partial charge in [-0.2, -0.15) is 18.3 Å². The van der Waals surface area contributed by atoms with Gasteiger partial charge in [-0.05, 0) is 37.1 Å². The molecule has 0 atom stereocenters. The van der Waals surface area contributed by atoms with Crippen LogP contribution < -0.4 is 0 Å². The van der Waals surface area contributed by atoms with Crippen LogP contribution in [0.4, 0.5) is 17.6 Å². The first-order chi connectivity index (χ1) is 9.21. The number of H-pyrrole nitrogens is 1. The van der Waals surface area contributed by atoms with Crippen molar-refractivity contribution in [3.63, 3.8) is 0 Å². The van der Waals surface area contributed by atoms with E-state index in [0.29, 0.717) is 22.0 Å². The number of aromatic amines is 1. The number of nitrogens with zero attached hydrogens (tertiary/aromatic N) is 1. The number of hydrogen-bond acceptors (Lipinski definition) is 2. The molecule has 0 amide bonds. The van der Waals surface area contributed by atoms with E-state index in [-0.39, 0.29) is 5.56 Å². The van der Waals surface area contributed by atoms with Gasteiger partial charge in [0.15, 0.2) is 0 Å². The molecule has 0 aliphatic carbocycles. The third-order valence-electron chi connectivity index (χ3n) is 3.08. The van der Waals surface area contributed by atoms with E-state index in [1.54, 1.807) is 13.8 Å². The summed E-state index contributed by atoms with van der Waals surface area (Å²) in [5.74, 6) is -1.32. The largest absolute Gasteiger partial charge is 0.419 e. The maximum absolute atomic E-state index is 13.6. The molecule has 20 heavy (non-hydrogen) atoms. The molecule has 0 saturated carbocycles. The van der Waals surface area contributed by atoms with Crippen molar-refractivity contribution in [2.24, 2.45) is 0 Å². The third kappa shape index (κ3) is 2.58. The number of rotatable bonds is 1. The van der Waals surface area contributed by atoms with Gasteiger partial charge < -0.3 is 0 Å². The second-order valence-corrected chi connectivity index (χ2v) is 4.75. The zero-order chi connectivity index (χ0) is 15.1. The number of aromatic nitrogens is 2. The van der Waals surface area contributed by atoms with E-state index in [4.69, 9.17) is 12.2 Å². The fourth-order valence-electron chi connectivity index (χ4n) is 1.80. The molecule has 2 nitrogen and oxygen atoms in total. The Morgan fingerprint density at radius 2 is 1.80 bits per heavy atom. The number of nitrogens with one attached hydrogen (secondary N) is 1. The lowest BCUT2D eigenvalue weighted by atomic mass is 10.0. The molecule has 7 heteroatoms. The second-order valence-electron chi connectivity index (χ2n) is 4.34. The van der Waals surface area contributed by atoms with Gasteiger partial charge in [-0.3, -0.25) is 5.10 Å². The highest BCUT2D eigenvalue weighted by atomic mass is 32.1. The lowest BCUT2D eigenvalue weighted by Crippen LogP contribution is -2.08. The molecule has 0 saturated heterocycles. The van der Waals surface area contributed by atoms with Crippen molar-refractivity contribution in [2.45, 2.75) is 20.0 Å². The SMILES string of the molecule is Cc1c(-c2ccc(C(F)(F)F)c(F)c2)n[nH]c(=S)c1C. The summed E-state index contributed by atoms with van der Waals surface area (Å²) in [5.41, 5.74) is 0.809. The molecule has 0 unspecified atom stereocenters. The Kier molecular flexibility index (Phi) is 3.64. The molecule has 0 aliphatic heterocycles. The van der Waals surface area contributed by atoms with Gasteiger partial charge in [-0.25, -0.2) is 4.39 Å². The maximum Gasteiger partial charge on any atom is 0.419 e. The topological polar surface area (TPSA) is 28.7 Å². The third-order valence-corrected chi connectivity index (χ3v) is 3.47. The molecule has 1 heterocycles. The Balaban J connectivity index is 2.59. The van der Waals surface area contributed by atoms with Crippen LogP contribution in [-0.2, 0) is 6.18 Å². The fraction of sp³-hybridized carbons (Fsp3) is 0.231. The summed E-state index contributed by atoms with van der Waals surface area (Å²) < 4.78 is 51.5. The Labute approximate surface area is 117 Å². The van der Waals surface area contributed by atoms with Crippen LogP contribution in [0.5, 0.6) is 0 Å². The molecule has 2 rings (SSSR count). The highest BCUT2D eigenvalue weighted by Gasteiger charge is 2.34. The Morgan fingerprint density at radius 1 is 1.15 bits per heavy atom. The summed E-state index contributed by atoms with van der Waals surface area (Å²) in [5, 5.41) is 6.56. The van der Waals surface area contributed by atoms with Crippen LogP contribution in [-0.4, -0.2) is 10.2 Å². The standard InChI is InChI=1S/C13H10F4N2S/c1-6-7(2)12(20)19-18-11(6)8-3-4-9(10(14)5-8)13(15,16)17/h3-5H,1-2H3,(H,19,20). The predicted molar refractivity (Wildman–Crippen MR) is 69.3 cm³/mol. The Morgan fingerprint density at radius 3 is 2.35 bits per heavy atom. The normalized spacial score (nSPS) is 11.7. The van der Waals surface area contributed by atoms with Gasteiger partial charge in [0.2, 0.25) is 0 Å². The van der Waals surface area contributed by atoms with E-state index in [1.165, 1.54) is 6.07 Å². The van der Waals surface area contributed by atoms with Crippen molar-refractivity contribution in [1.82, 2.24) is 10.2 Å². The van der Waals surface area contributed by atoms with Gasteiger partial charge in [0, 0.05) is 5.56 Å². The van der Waals surface area contributed by atoms with E-state index in [0.717, 1.165) is 11.6 Å². The van der Waals surface area contributed by atoms with Crippen LogP contribution in [0, 0.1) is 24.3 Å². The summed E-state index contributed by atoms with van der Waals surface area (Å²) >= 11 is 5.00. The molecular weight excluding hydrogens is 292 g/mol. The van der Waals surface area contributed by atoms with Gasteiger partial charge in [0.05, 0.1) is 11.3 Å². The van der Waals surface area contributed by atoms with Crippen molar-refractivity contribution in [2.75, 3.05) is 0 Å². The molecule has 2 aromatic rings. The van der Waals surface area contributed by atoms with Crippen LogP contribution >= 0.6 is 12.2 Å². The van der Waals surface area contributed by atoms with E-state index in [1.807, 2.05) is 0 Å². The molecule has 0 spiro atoms. The van der Waals surface area contributed by atoms with Crippen LogP contribution in [0.15, 0.2) is 18.2 Å². The molecular formula is C13H10F4N2S. The van der Waals surface area contributed by atoms with Crippen LogP contribution in [0.1, 0.15) is 16.7 Å². The number of halogens is 4. The molecule has 0 bridgehead atoms. The summed E-state index contributed by atoms with van der Waals surface area (Å²) in [6.45, 7) is 3.50. The Hall–Kier alpha value is -1.76. The van der Waals surface area contributed by atoms with Crippen molar-refractivity contribution < 1.29 is 17.6 Å². The number of hydrogen-bond donors (Lipinski definition) is 1. The molecule has 1 aromatic carbocycles. The average molecular weight is 302 g/mol. The van der Waals surface area contributed by atoms with Gasteiger partial charge in [-0.1, -0.05) is 18.3 Å². The maximum atomic E-state index is 13.6. The molecule has 1 N–H and O–H groups in total. The minimum atomic E-state index is -4.71. The molecule has 106 valence electrons. The van der Waals surface area contributed by atoms with Crippen molar-refractivity contribution in [1.29, 1.82) is 0 Å². The summed E-state index contributed by atoms with van der Waals surface area (Å²) in [7, 11) is 0. The lowest BCUT2D eigenvalue weighted by Gasteiger charge is -2.11. The van der Waals surface area contributed by atoms with Gasteiger partial charge in [0.25, 0.3) is 0 Å². The van der Waals surface area contributed by atoms with E-state index in [2.05, 4.69) is 10.2 Å². The summed E-state index contributed by atoms with van der Waals surface area (Å²) in [6, 6.07) is 2.73. The zero-order valence-corrected chi connectivity index (χ0v) is 11.4. The summed E-state index contributed by atoms with van der Waals surface area (Å²) in [6.07, 6.45) is -4.71.